The van der Waals surface area contributed by atoms with Gasteiger partial charge in [0.25, 0.3) is 7.98 Å². The zero-order valence-corrected chi connectivity index (χ0v) is 35.8. The lowest BCUT2D eigenvalue weighted by atomic mass is 10.0. The Labute approximate surface area is 369 Å². The maximum Gasteiger partial charge on any atom is 0.494 e. The molecule has 0 aliphatic heterocycles. The molecule has 8 heteroatoms. The fourth-order valence-electron chi connectivity index (χ4n) is 7.61. The van der Waals surface area contributed by atoms with Gasteiger partial charge in [-0.05, 0) is 104 Å². The lowest BCUT2D eigenvalue weighted by Crippen LogP contribution is -2.10. The quantitative estimate of drug-likeness (QED) is 0.113. The SMILES string of the molecule is [AlH][O]c1cccc2cccnc12.[B]N=P.c1ccc(N(c2ccc(-c3ccc(N(c4ccccc4)c4cccc5ccccc45)cc3)cc2)c2cccc3ccccc23)cc1. The standard InChI is InChI=1S/C44H32N2.C9H7NO.Al.BHNP.H/c1-3-17-37(18-4-1)45(43-23-11-15-35-13-7-9-21-41(35)43)39-29-25-33(26-30-39)34-27-31-40(32-28-34)46(38-19-5-2-6-20-38)44-24-12-16-36-14-8-10-22-42(36)44;11-8-5-1-3-7-4-2-6-10-9(7)8;;1-2-3;/h1-32H;1-6,11H;;3H;/q;;+1;;/p-1. The number of para-hydroxylation sites is 3. The van der Waals surface area contributed by atoms with Crippen LogP contribution in [0.4, 0.5) is 34.1 Å². The molecule has 0 saturated heterocycles. The molecular weight excluding hydrogens is 777 g/mol. The minimum Gasteiger partial charge on any atom is -0.649 e. The molecule has 10 rings (SSSR count). The summed E-state index contributed by atoms with van der Waals surface area (Å²) in [4.78, 5) is 8.92. The zero-order valence-electron chi connectivity index (χ0n) is 33.4. The molecule has 1 aromatic heterocycles. The average Bonchev–Trinajstić information content (AvgIpc) is 3.33. The van der Waals surface area contributed by atoms with E-state index >= 15 is 0 Å². The molecule has 0 saturated carbocycles. The Kier molecular flexibility index (Phi) is 13.3. The van der Waals surface area contributed by atoms with Crippen LogP contribution in [0.25, 0.3) is 43.6 Å². The summed E-state index contributed by atoms with van der Waals surface area (Å²) in [5, 5.41) is 6.02. The Morgan fingerprint density at radius 2 is 0.803 bits per heavy atom. The van der Waals surface area contributed by atoms with Gasteiger partial charge in [0.1, 0.15) is 11.3 Å². The maximum atomic E-state index is 5.19. The Bertz CT molecular complexity index is 2830. The molecule has 10 aromatic rings. The van der Waals surface area contributed by atoms with Crippen molar-refractivity contribution in [2.24, 2.45) is 4.66 Å². The van der Waals surface area contributed by atoms with Crippen molar-refractivity contribution in [2.45, 2.75) is 0 Å². The van der Waals surface area contributed by atoms with Crippen LogP contribution < -0.4 is 13.6 Å². The number of fused-ring (bicyclic) bond motifs is 3. The van der Waals surface area contributed by atoms with Gasteiger partial charge in [0.15, 0.2) is 0 Å². The van der Waals surface area contributed by atoms with Gasteiger partial charge in [-0.25, -0.2) is 0 Å². The van der Waals surface area contributed by atoms with Gasteiger partial charge >= 0.3 is 16.6 Å². The first kappa shape index (κ1) is 40.8. The van der Waals surface area contributed by atoms with Crippen molar-refractivity contribution < 1.29 is 3.79 Å². The molecule has 0 fully saturated rings. The van der Waals surface area contributed by atoms with Gasteiger partial charge in [0, 0.05) is 45.1 Å². The molecular formula is C53H40AlBN4OP. The van der Waals surface area contributed by atoms with E-state index in [2.05, 4.69) is 231 Å². The molecule has 289 valence electrons. The lowest BCUT2D eigenvalue weighted by molar-refractivity contribution is 0.622. The normalized spacial score (nSPS) is 10.5. The third-order valence-corrected chi connectivity index (χ3v) is 10.7. The van der Waals surface area contributed by atoms with Crippen LogP contribution >= 0.6 is 9.03 Å². The predicted octanol–water partition coefficient (Wildman–Crippen LogP) is 14.4. The number of rotatable bonds is 8. The summed E-state index contributed by atoms with van der Waals surface area (Å²) in [6, 6.07) is 79.1. The van der Waals surface area contributed by atoms with E-state index < -0.39 is 0 Å². The highest BCUT2D eigenvalue weighted by atomic mass is 31.0. The van der Waals surface area contributed by atoms with Crippen molar-refractivity contribution in [2.75, 3.05) is 9.80 Å². The number of nitrogens with zero attached hydrogens (tertiary/aromatic N) is 4. The van der Waals surface area contributed by atoms with Crippen molar-refractivity contribution in [1.82, 2.24) is 4.98 Å². The van der Waals surface area contributed by atoms with E-state index in [-0.39, 0.29) is 0 Å². The van der Waals surface area contributed by atoms with Crippen LogP contribution in [-0.2, 0) is 0 Å². The summed E-state index contributed by atoms with van der Waals surface area (Å²) in [5.41, 5.74) is 10.1. The average molecular weight is 818 g/mol. The number of benzene rings is 9. The molecule has 0 aliphatic rings. The van der Waals surface area contributed by atoms with Crippen molar-refractivity contribution in [3.05, 3.63) is 231 Å². The van der Waals surface area contributed by atoms with Gasteiger partial charge in [-0.3, -0.25) is 4.98 Å². The van der Waals surface area contributed by atoms with Crippen LogP contribution in [0, 0.1) is 0 Å². The lowest BCUT2D eigenvalue weighted by Gasteiger charge is -2.27. The molecule has 61 heavy (non-hydrogen) atoms. The highest BCUT2D eigenvalue weighted by Gasteiger charge is 2.17. The fourth-order valence-corrected chi connectivity index (χ4v) is 7.85. The summed E-state index contributed by atoms with van der Waals surface area (Å²) in [7, 11) is 6.97. The van der Waals surface area contributed by atoms with Crippen LogP contribution in [0.15, 0.2) is 235 Å². The Morgan fingerprint density at radius 1 is 0.426 bits per heavy atom. The third kappa shape index (κ3) is 9.26. The van der Waals surface area contributed by atoms with Crippen LogP contribution in [0.5, 0.6) is 5.75 Å². The molecule has 5 nitrogen and oxygen atoms in total. The van der Waals surface area contributed by atoms with E-state index in [4.69, 9.17) is 3.79 Å². The molecule has 0 aliphatic carbocycles. The second kappa shape index (κ2) is 19.8. The maximum absolute atomic E-state index is 5.19. The number of anilines is 6. The van der Waals surface area contributed by atoms with Crippen LogP contribution in [0.1, 0.15) is 0 Å². The Balaban J connectivity index is 0.000000290. The van der Waals surface area contributed by atoms with Crippen LogP contribution in [0.2, 0.25) is 0 Å². The van der Waals surface area contributed by atoms with Crippen molar-refractivity contribution >= 4 is 100 Å². The van der Waals surface area contributed by atoms with E-state index in [9.17, 15) is 0 Å². The first-order valence-corrected chi connectivity index (χ1v) is 20.9. The number of hydrogen-bond donors (Lipinski definition) is 0. The summed E-state index contributed by atoms with van der Waals surface area (Å²) in [6.07, 6.45) is 1.77. The van der Waals surface area contributed by atoms with Gasteiger partial charge < -0.3 is 18.2 Å². The van der Waals surface area contributed by atoms with Crippen LogP contribution in [-0.4, -0.2) is 29.6 Å². The van der Waals surface area contributed by atoms with E-state index in [1.807, 2.05) is 30.3 Å². The molecule has 1 heterocycles. The Hall–Kier alpha value is -6.99. The van der Waals surface area contributed by atoms with E-state index in [0.29, 0.717) is 0 Å². The van der Waals surface area contributed by atoms with Crippen molar-refractivity contribution in [3.8, 4) is 16.9 Å². The van der Waals surface area contributed by atoms with Gasteiger partial charge in [0.2, 0.25) is 0 Å². The van der Waals surface area contributed by atoms with Crippen LogP contribution in [0.3, 0.4) is 0 Å². The molecule has 9 aromatic carbocycles. The van der Waals surface area contributed by atoms with E-state index in [1.54, 1.807) is 6.20 Å². The third-order valence-electron chi connectivity index (χ3n) is 10.4. The summed E-state index contributed by atoms with van der Waals surface area (Å²) < 4.78 is 8.00. The van der Waals surface area contributed by atoms with Gasteiger partial charge in [-0.1, -0.05) is 152 Å². The van der Waals surface area contributed by atoms with Crippen molar-refractivity contribution in [3.63, 3.8) is 0 Å². The minimum absolute atomic E-state index is 0.839. The second-order valence-corrected chi connectivity index (χ2v) is 14.6. The molecule has 0 N–H and O–H groups in total. The monoisotopic (exact) mass is 817 g/mol. The number of hydrogen-bond acceptors (Lipinski definition) is 5. The van der Waals surface area contributed by atoms with E-state index in [1.165, 1.54) is 49.3 Å². The molecule has 0 bridgehead atoms. The molecule has 3 radical (unpaired) electrons. The predicted molar refractivity (Wildman–Crippen MR) is 262 cm³/mol. The largest absolute Gasteiger partial charge is 0.649 e. The summed E-state index contributed by atoms with van der Waals surface area (Å²) in [6.45, 7) is 0. The minimum atomic E-state index is 0.839. The fraction of sp³-hybridized carbons (Fsp3) is 0. The topological polar surface area (TPSA) is 41.0 Å². The zero-order chi connectivity index (χ0) is 41.8. The first-order chi connectivity index (χ1) is 30.2. The second-order valence-electron chi connectivity index (χ2n) is 14.0. The highest BCUT2D eigenvalue weighted by molar-refractivity contribution is 7.05. The highest BCUT2D eigenvalue weighted by Crippen LogP contribution is 2.41. The molecule has 0 atom stereocenters. The van der Waals surface area contributed by atoms with Crippen molar-refractivity contribution in [1.29, 1.82) is 0 Å². The first-order valence-electron chi connectivity index (χ1n) is 19.9. The molecule has 0 unspecified atom stereocenters. The van der Waals surface area contributed by atoms with Gasteiger partial charge in [0.05, 0.1) is 11.4 Å². The smallest absolute Gasteiger partial charge is 0.494 e. The molecule has 0 spiro atoms. The summed E-state index contributed by atoms with van der Waals surface area (Å²) >= 11 is 1.47. The van der Waals surface area contributed by atoms with Gasteiger partial charge in [-0.2, -0.15) is 0 Å². The Morgan fingerprint density at radius 3 is 1.28 bits per heavy atom. The number of aromatic nitrogens is 1. The summed E-state index contributed by atoms with van der Waals surface area (Å²) in [5.74, 6) is 0.839. The van der Waals surface area contributed by atoms with Gasteiger partial charge in [-0.15, -0.1) is 0 Å². The molecule has 0 amide bonds. The van der Waals surface area contributed by atoms with E-state index in [0.717, 1.165) is 50.8 Å². The number of pyridine rings is 1.